The zero-order chi connectivity index (χ0) is 20.1. The van der Waals surface area contributed by atoms with Crippen LogP contribution in [0.15, 0.2) is 16.7 Å². The van der Waals surface area contributed by atoms with Crippen molar-refractivity contribution in [3.8, 4) is 5.88 Å². The summed E-state index contributed by atoms with van der Waals surface area (Å²) in [4.78, 5) is 25.1. The molecule has 1 aromatic rings. The van der Waals surface area contributed by atoms with Crippen LogP contribution in [0.5, 0.6) is 5.88 Å². The summed E-state index contributed by atoms with van der Waals surface area (Å²) in [5.41, 5.74) is -0.175. The quantitative estimate of drug-likeness (QED) is 0.351. The smallest absolute Gasteiger partial charge is 0.405 e. The Morgan fingerprint density at radius 1 is 1.46 bits per heavy atom. The molecule has 11 heteroatoms. The molecule has 0 spiro atoms. The van der Waals surface area contributed by atoms with Gasteiger partial charge in [-0.05, 0) is 34.1 Å². The molecule has 1 heterocycles. The Hall–Kier alpha value is -1.72. The van der Waals surface area contributed by atoms with Crippen molar-refractivity contribution < 1.29 is 24.0 Å². The van der Waals surface area contributed by atoms with Crippen LogP contribution in [0.4, 0.5) is 10.5 Å². The van der Waals surface area contributed by atoms with Crippen LogP contribution in [-0.4, -0.2) is 48.7 Å². The summed E-state index contributed by atoms with van der Waals surface area (Å²) >= 11 is 3.16. The van der Waals surface area contributed by atoms with Gasteiger partial charge in [-0.2, -0.15) is 0 Å². The summed E-state index contributed by atoms with van der Waals surface area (Å²) < 4.78 is 11.9. The molecule has 26 heavy (non-hydrogen) atoms. The fourth-order valence-corrected chi connectivity index (χ4v) is 3.13. The Morgan fingerprint density at radius 2 is 2.08 bits per heavy atom. The third-order valence-electron chi connectivity index (χ3n) is 4.20. The maximum Gasteiger partial charge on any atom is 0.405 e. The fraction of sp³-hybridized carbons (Fsp3) is 0.600. The molecule has 1 aromatic heterocycles. The maximum atomic E-state index is 11.0. The molecule has 146 valence electrons. The molecule has 2 N–H and O–H groups in total. The highest BCUT2D eigenvalue weighted by Gasteiger charge is 2.37. The Kier molecular flexibility index (Phi) is 7.53. The van der Waals surface area contributed by atoms with Gasteiger partial charge in [0.25, 0.3) is 5.69 Å². The number of hydrogen-bond donors (Lipinski definition) is 2. The molecule has 1 amide bonds. The molecule has 0 saturated carbocycles. The highest BCUT2D eigenvalue weighted by molar-refractivity contribution is 9.10. The molecule has 0 aliphatic carbocycles. The normalized spacial score (nSPS) is 13.2. The lowest BCUT2D eigenvalue weighted by molar-refractivity contribution is -0.385. The number of nitro groups is 1. The third kappa shape index (κ3) is 6.54. The largest absolute Gasteiger partial charge is 0.475 e. The summed E-state index contributed by atoms with van der Waals surface area (Å²) in [6.45, 7) is 10.5. The van der Waals surface area contributed by atoms with Gasteiger partial charge in [0.1, 0.15) is 12.8 Å². The Bertz CT molecular complexity index is 665. The first-order valence-electron chi connectivity index (χ1n) is 7.89. The lowest BCUT2D eigenvalue weighted by Gasteiger charge is -2.37. The molecule has 1 unspecified atom stereocenters. The number of carboxylic acid groups (broad SMARTS) is 1. The van der Waals surface area contributed by atoms with E-state index in [0.717, 1.165) is 6.20 Å². The number of amides is 1. The summed E-state index contributed by atoms with van der Waals surface area (Å²) in [6.07, 6.45) is -0.112. The lowest BCUT2D eigenvalue weighted by Crippen LogP contribution is -2.48. The van der Waals surface area contributed by atoms with Crippen molar-refractivity contribution in [2.24, 2.45) is 0 Å². The zero-order valence-corrected chi connectivity index (χ0v) is 18.0. The van der Waals surface area contributed by atoms with Crippen LogP contribution in [0.25, 0.3) is 0 Å². The number of halogens is 1. The van der Waals surface area contributed by atoms with E-state index >= 15 is 0 Å². The Morgan fingerprint density at radius 3 is 2.54 bits per heavy atom. The van der Waals surface area contributed by atoms with Crippen molar-refractivity contribution in [2.75, 3.05) is 13.2 Å². The van der Waals surface area contributed by atoms with E-state index < -0.39 is 25.4 Å². The van der Waals surface area contributed by atoms with Crippen LogP contribution < -0.4 is 10.1 Å². The Labute approximate surface area is 161 Å². The third-order valence-corrected chi connectivity index (χ3v) is 9.27. The van der Waals surface area contributed by atoms with E-state index in [9.17, 15) is 14.9 Å². The van der Waals surface area contributed by atoms with E-state index in [4.69, 9.17) is 14.3 Å². The standard InChI is InChI=1S/C15H24BrN3O6Si/c1-15(2,3)26(4,5)25-9-10(18-14(20)21)8-24-13-12(16)6-11(7-17-13)19(22)23/h6-7,10,18H,8-9H2,1-5H3,(H,20,21). The number of nitrogens with zero attached hydrogens (tertiary/aromatic N) is 2. The van der Waals surface area contributed by atoms with E-state index in [2.05, 4.69) is 60.1 Å². The van der Waals surface area contributed by atoms with Crippen LogP contribution in [0.2, 0.25) is 18.1 Å². The van der Waals surface area contributed by atoms with E-state index in [1.165, 1.54) is 6.07 Å². The second-order valence-electron chi connectivity index (χ2n) is 7.27. The van der Waals surface area contributed by atoms with Gasteiger partial charge in [0.2, 0.25) is 5.88 Å². The zero-order valence-electron chi connectivity index (χ0n) is 15.4. The van der Waals surface area contributed by atoms with Gasteiger partial charge < -0.3 is 19.6 Å². The van der Waals surface area contributed by atoms with E-state index in [1.54, 1.807) is 0 Å². The average molecular weight is 450 g/mol. The van der Waals surface area contributed by atoms with Gasteiger partial charge in [-0.15, -0.1) is 0 Å². The molecular weight excluding hydrogens is 426 g/mol. The van der Waals surface area contributed by atoms with Gasteiger partial charge in [-0.25, -0.2) is 9.78 Å². The summed E-state index contributed by atoms with van der Waals surface area (Å²) in [5.74, 6) is 0.139. The summed E-state index contributed by atoms with van der Waals surface area (Å²) in [6, 6.07) is 0.666. The van der Waals surface area contributed by atoms with Crippen LogP contribution in [0.1, 0.15) is 20.8 Å². The van der Waals surface area contributed by atoms with Crippen LogP contribution in [-0.2, 0) is 4.43 Å². The summed E-state index contributed by atoms with van der Waals surface area (Å²) in [7, 11) is -2.05. The molecule has 0 bridgehead atoms. The molecule has 0 saturated heterocycles. The van der Waals surface area contributed by atoms with Gasteiger partial charge in [-0.1, -0.05) is 20.8 Å². The number of hydrogen-bond acceptors (Lipinski definition) is 6. The lowest BCUT2D eigenvalue weighted by atomic mass is 10.2. The van der Waals surface area contributed by atoms with Crippen molar-refractivity contribution in [3.05, 3.63) is 26.9 Å². The predicted octanol–water partition coefficient (Wildman–Crippen LogP) is 3.79. The van der Waals surface area contributed by atoms with Crippen molar-refractivity contribution in [3.63, 3.8) is 0 Å². The van der Waals surface area contributed by atoms with Gasteiger partial charge in [0.15, 0.2) is 8.32 Å². The number of ether oxygens (including phenoxy) is 1. The SMILES string of the molecule is CC(C)(C)[Si](C)(C)OCC(COc1ncc([N+](=O)[O-])cc1Br)NC(=O)O. The van der Waals surface area contributed by atoms with Gasteiger partial charge in [-0.3, -0.25) is 10.1 Å². The van der Waals surface area contributed by atoms with Crippen molar-refractivity contribution in [2.45, 2.75) is 44.9 Å². The highest BCUT2D eigenvalue weighted by Crippen LogP contribution is 2.36. The van der Waals surface area contributed by atoms with Gasteiger partial charge in [0.05, 0.1) is 22.0 Å². The first-order valence-corrected chi connectivity index (χ1v) is 11.6. The molecule has 1 atom stereocenters. The minimum absolute atomic E-state index is 0.00935. The first kappa shape index (κ1) is 22.3. The Balaban J connectivity index is 2.77. The maximum absolute atomic E-state index is 11.0. The van der Waals surface area contributed by atoms with Crippen LogP contribution in [0, 0.1) is 10.1 Å². The molecule has 0 aliphatic rings. The molecule has 0 aromatic carbocycles. The first-order chi connectivity index (χ1) is 11.8. The number of pyridine rings is 1. The molecular formula is C15H24BrN3O6Si. The second kappa shape index (κ2) is 8.78. The average Bonchev–Trinajstić information content (AvgIpc) is 2.49. The van der Waals surface area contributed by atoms with Crippen molar-refractivity contribution in [1.29, 1.82) is 0 Å². The molecule has 9 nitrogen and oxygen atoms in total. The highest BCUT2D eigenvalue weighted by atomic mass is 79.9. The van der Waals surface area contributed by atoms with Crippen molar-refractivity contribution in [1.82, 2.24) is 10.3 Å². The predicted molar refractivity (Wildman–Crippen MR) is 102 cm³/mol. The minimum atomic E-state index is -2.05. The molecule has 0 aliphatic heterocycles. The molecule has 1 rings (SSSR count). The number of carbonyl (C=O) groups is 1. The van der Waals surface area contributed by atoms with Crippen molar-refractivity contribution >= 4 is 36.0 Å². The van der Waals surface area contributed by atoms with E-state index in [0.29, 0.717) is 4.47 Å². The second-order valence-corrected chi connectivity index (χ2v) is 12.9. The minimum Gasteiger partial charge on any atom is -0.475 e. The topological polar surface area (TPSA) is 124 Å². The molecule has 0 fully saturated rings. The van der Waals surface area contributed by atoms with Gasteiger partial charge >= 0.3 is 6.09 Å². The number of aromatic nitrogens is 1. The molecule has 0 radical (unpaired) electrons. The number of rotatable bonds is 8. The monoisotopic (exact) mass is 449 g/mol. The summed E-state index contributed by atoms with van der Waals surface area (Å²) in [5, 5.41) is 22.1. The van der Waals surface area contributed by atoms with E-state index in [-0.39, 0.29) is 29.8 Å². The van der Waals surface area contributed by atoms with Crippen LogP contribution >= 0.6 is 15.9 Å². The van der Waals surface area contributed by atoms with E-state index in [1.807, 2.05) is 0 Å². The van der Waals surface area contributed by atoms with Crippen LogP contribution in [0.3, 0.4) is 0 Å². The fourth-order valence-electron chi connectivity index (χ4n) is 1.63. The number of nitrogens with one attached hydrogen (secondary N) is 1. The van der Waals surface area contributed by atoms with Gasteiger partial charge in [0, 0.05) is 6.07 Å².